The molecule has 0 radical (unpaired) electrons. The zero-order chi connectivity index (χ0) is 9.90. The van der Waals surface area contributed by atoms with Gasteiger partial charge in [0, 0.05) is 0 Å². The number of halogens is 3. The van der Waals surface area contributed by atoms with Crippen molar-refractivity contribution in [1.29, 1.82) is 0 Å². The Morgan fingerprint density at radius 3 is 2.31 bits per heavy atom. The minimum absolute atomic E-state index is 0.0835. The number of hydrogen-bond acceptors (Lipinski definition) is 4. The lowest BCUT2D eigenvalue weighted by Crippen LogP contribution is -2.33. The number of alkyl halides is 3. The molecule has 4 nitrogen and oxygen atoms in total. The van der Waals surface area contributed by atoms with E-state index in [0.29, 0.717) is 0 Å². The van der Waals surface area contributed by atoms with Crippen LogP contribution in [0.5, 0.6) is 0 Å². The Bertz CT molecular complexity index is 260. The van der Waals surface area contributed by atoms with Gasteiger partial charge in [-0.05, 0) is 6.92 Å². The van der Waals surface area contributed by atoms with E-state index >= 15 is 0 Å². The van der Waals surface area contributed by atoms with Crippen LogP contribution >= 0.6 is 0 Å². The van der Waals surface area contributed by atoms with Gasteiger partial charge in [0.1, 0.15) is 18.7 Å². The lowest BCUT2D eigenvalue weighted by atomic mass is 10.3. The largest absolute Gasteiger partial charge is 0.408 e. The van der Waals surface area contributed by atoms with Gasteiger partial charge < -0.3 is 5.32 Å². The monoisotopic (exact) mass is 192 g/mol. The van der Waals surface area contributed by atoms with Crippen molar-refractivity contribution in [3.63, 3.8) is 0 Å². The van der Waals surface area contributed by atoms with Crippen molar-refractivity contribution >= 4 is 5.95 Å². The fourth-order valence-electron chi connectivity index (χ4n) is 0.589. The first kappa shape index (κ1) is 9.69. The summed E-state index contributed by atoms with van der Waals surface area (Å²) in [6.45, 7) is 0.990. The molecule has 1 atom stereocenters. The van der Waals surface area contributed by atoms with Gasteiger partial charge in [0.2, 0.25) is 5.95 Å². The molecular formula is C6H7F3N4. The minimum atomic E-state index is -4.30. The molecule has 0 fully saturated rings. The second kappa shape index (κ2) is 3.55. The number of anilines is 1. The summed E-state index contributed by atoms with van der Waals surface area (Å²) < 4.78 is 36.0. The summed E-state index contributed by atoms with van der Waals surface area (Å²) in [5, 5.41) is 2.09. The molecule has 0 aliphatic carbocycles. The molecule has 72 valence electrons. The molecule has 0 amide bonds. The van der Waals surface area contributed by atoms with Crippen LogP contribution in [-0.2, 0) is 0 Å². The van der Waals surface area contributed by atoms with E-state index in [2.05, 4.69) is 20.3 Å². The molecule has 1 unspecified atom stereocenters. The molecule has 0 aliphatic heterocycles. The third kappa shape index (κ3) is 2.85. The standard InChI is InChI=1S/C6H7F3N4/c1-4(6(7,8)9)13-5-11-2-10-3-12-5/h2-4H,1H3,(H,10,11,12,13). The van der Waals surface area contributed by atoms with Crippen LogP contribution in [0.25, 0.3) is 0 Å². The molecule has 0 saturated carbocycles. The highest BCUT2D eigenvalue weighted by Crippen LogP contribution is 2.21. The van der Waals surface area contributed by atoms with E-state index in [1.807, 2.05) is 0 Å². The molecule has 0 bridgehead atoms. The Morgan fingerprint density at radius 2 is 1.85 bits per heavy atom. The topological polar surface area (TPSA) is 50.7 Å². The fraction of sp³-hybridized carbons (Fsp3) is 0.500. The van der Waals surface area contributed by atoms with E-state index in [4.69, 9.17) is 0 Å². The number of nitrogens with zero attached hydrogens (tertiary/aromatic N) is 3. The second-order valence-corrected chi connectivity index (χ2v) is 2.37. The van der Waals surface area contributed by atoms with E-state index in [0.717, 1.165) is 19.6 Å². The summed E-state index contributed by atoms with van der Waals surface area (Å²) in [7, 11) is 0. The van der Waals surface area contributed by atoms with Crippen LogP contribution in [0.15, 0.2) is 12.7 Å². The minimum Gasteiger partial charge on any atom is -0.343 e. The van der Waals surface area contributed by atoms with Gasteiger partial charge in [0.05, 0.1) is 0 Å². The first-order valence-corrected chi connectivity index (χ1v) is 3.45. The van der Waals surface area contributed by atoms with Crippen LogP contribution in [0, 0.1) is 0 Å². The molecule has 0 spiro atoms. The summed E-state index contributed by atoms with van der Waals surface area (Å²) in [4.78, 5) is 10.5. The second-order valence-electron chi connectivity index (χ2n) is 2.37. The van der Waals surface area contributed by atoms with Crippen molar-refractivity contribution in [2.45, 2.75) is 19.1 Å². The highest BCUT2D eigenvalue weighted by molar-refractivity contribution is 5.23. The van der Waals surface area contributed by atoms with Crippen LogP contribution in [0.3, 0.4) is 0 Å². The maximum Gasteiger partial charge on any atom is 0.408 e. The predicted molar refractivity (Wildman–Crippen MR) is 39.0 cm³/mol. The average Bonchev–Trinajstić information content (AvgIpc) is 2.04. The first-order chi connectivity index (χ1) is 6.00. The van der Waals surface area contributed by atoms with E-state index in [1.165, 1.54) is 0 Å². The van der Waals surface area contributed by atoms with Gasteiger partial charge in [-0.2, -0.15) is 13.2 Å². The summed E-state index contributed by atoms with van der Waals surface area (Å²) in [5.41, 5.74) is 0. The molecule has 0 aliphatic rings. The molecule has 1 aromatic rings. The maximum absolute atomic E-state index is 12.0. The molecule has 0 aromatic carbocycles. The highest BCUT2D eigenvalue weighted by Gasteiger charge is 2.36. The highest BCUT2D eigenvalue weighted by atomic mass is 19.4. The molecule has 13 heavy (non-hydrogen) atoms. The van der Waals surface area contributed by atoms with Crippen LogP contribution in [0.4, 0.5) is 19.1 Å². The first-order valence-electron chi connectivity index (χ1n) is 3.45. The van der Waals surface area contributed by atoms with Crippen LogP contribution in [0.2, 0.25) is 0 Å². The summed E-state index contributed by atoms with van der Waals surface area (Å²) in [6.07, 6.45) is -2.05. The van der Waals surface area contributed by atoms with Crippen molar-refractivity contribution in [3.8, 4) is 0 Å². The van der Waals surface area contributed by atoms with Crippen molar-refractivity contribution < 1.29 is 13.2 Å². The molecule has 1 N–H and O–H groups in total. The van der Waals surface area contributed by atoms with Crippen molar-refractivity contribution in [1.82, 2.24) is 15.0 Å². The van der Waals surface area contributed by atoms with Gasteiger partial charge in [-0.15, -0.1) is 0 Å². The molecule has 1 heterocycles. The smallest absolute Gasteiger partial charge is 0.343 e. The Morgan fingerprint density at radius 1 is 1.31 bits per heavy atom. The van der Waals surface area contributed by atoms with E-state index in [1.54, 1.807) is 0 Å². The summed E-state index contributed by atoms with van der Waals surface area (Å²) in [6, 6.07) is -1.67. The third-order valence-electron chi connectivity index (χ3n) is 1.33. The Labute approximate surface area is 72.2 Å². The van der Waals surface area contributed by atoms with Gasteiger partial charge in [0.25, 0.3) is 0 Å². The average molecular weight is 192 g/mol. The Kier molecular flexibility index (Phi) is 2.64. The lowest BCUT2D eigenvalue weighted by molar-refractivity contribution is -0.138. The zero-order valence-corrected chi connectivity index (χ0v) is 6.71. The van der Waals surface area contributed by atoms with Crippen molar-refractivity contribution in [2.24, 2.45) is 0 Å². The summed E-state index contributed by atoms with van der Waals surface area (Å²) >= 11 is 0. The van der Waals surface area contributed by atoms with E-state index < -0.39 is 12.2 Å². The molecular weight excluding hydrogens is 185 g/mol. The maximum atomic E-state index is 12.0. The van der Waals surface area contributed by atoms with Crippen molar-refractivity contribution in [3.05, 3.63) is 12.7 Å². The van der Waals surface area contributed by atoms with Crippen LogP contribution < -0.4 is 5.32 Å². The normalized spacial score (nSPS) is 13.8. The molecule has 7 heteroatoms. The van der Waals surface area contributed by atoms with Gasteiger partial charge >= 0.3 is 6.18 Å². The van der Waals surface area contributed by atoms with Gasteiger partial charge in [-0.1, -0.05) is 0 Å². The van der Waals surface area contributed by atoms with E-state index in [-0.39, 0.29) is 5.95 Å². The number of hydrogen-bond donors (Lipinski definition) is 1. The quantitative estimate of drug-likeness (QED) is 0.765. The lowest BCUT2D eigenvalue weighted by Gasteiger charge is -2.16. The SMILES string of the molecule is CC(Nc1ncncn1)C(F)(F)F. The Hall–Kier alpha value is -1.40. The van der Waals surface area contributed by atoms with Crippen LogP contribution in [0.1, 0.15) is 6.92 Å². The number of rotatable bonds is 2. The van der Waals surface area contributed by atoms with Crippen LogP contribution in [-0.4, -0.2) is 27.2 Å². The number of aromatic nitrogens is 3. The van der Waals surface area contributed by atoms with Gasteiger partial charge in [-0.25, -0.2) is 15.0 Å². The summed E-state index contributed by atoms with van der Waals surface area (Å²) in [5.74, 6) is -0.0835. The van der Waals surface area contributed by atoms with Crippen molar-refractivity contribution in [2.75, 3.05) is 5.32 Å². The number of nitrogens with one attached hydrogen (secondary N) is 1. The predicted octanol–water partition coefficient (Wildman–Crippen LogP) is 1.23. The third-order valence-corrected chi connectivity index (χ3v) is 1.33. The Balaban J connectivity index is 2.61. The van der Waals surface area contributed by atoms with Gasteiger partial charge in [0.15, 0.2) is 0 Å². The van der Waals surface area contributed by atoms with E-state index in [9.17, 15) is 13.2 Å². The molecule has 1 rings (SSSR count). The van der Waals surface area contributed by atoms with Gasteiger partial charge in [-0.3, -0.25) is 0 Å². The molecule has 0 saturated heterocycles. The fourth-order valence-corrected chi connectivity index (χ4v) is 0.589. The molecule has 1 aromatic heterocycles. The zero-order valence-electron chi connectivity index (χ0n) is 6.71.